The van der Waals surface area contributed by atoms with Gasteiger partial charge in [0.15, 0.2) is 5.92 Å². The Labute approximate surface area is 88.2 Å². The van der Waals surface area contributed by atoms with E-state index in [-0.39, 0.29) is 0 Å². The number of esters is 1. The summed E-state index contributed by atoms with van der Waals surface area (Å²) < 4.78 is 4.73. The lowest BCUT2D eigenvalue weighted by Gasteiger charge is -2.06. The molecule has 0 heterocycles. The van der Waals surface area contributed by atoms with Crippen molar-refractivity contribution in [3.63, 3.8) is 0 Å². The fourth-order valence-corrected chi connectivity index (χ4v) is 1.80. The van der Waals surface area contributed by atoms with Gasteiger partial charge >= 0.3 is 5.97 Å². The van der Waals surface area contributed by atoms with Crippen molar-refractivity contribution < 1.29 is 9.53 Å². The van der Waals surface area contributed by atoms with Crippen LogP contribution in [0.4, 0.5) is 0 Å². The van der Waals surface area contributed by atoms with Gasteiger partial charge in [0.1, 0.15) is 0 Å². The Morgan fingerprint density at radius 2 is 2.46 bits per heavy atom. The standard InChI is InChI=1S/C8H13NO2S2/c1-2-11-8(10)7(5-9)6-13-4-3-12/h7,12H,2-4,6H2,1H3. The molecule has 3 nitrogen and oxygen atoms in total. The quantitative estimate of drug-likeness (QED) is 0.416. The Hall–Kier alpha value is -0.340. The minimum Gasteiger partial charge on any atom is -0.465 e. The second kappa shape index (κ2) is 8.27. The molecule has 0 bridgehead atoms. The molecular weight excluding hydrogens is 206 g/mol. The molecule has 5 heteroatoms. The molecule has 0 N–H and O–H groups in total. The molecule has 0 saturated heterocycles. The van der Waals surface area contributed by atoms with Crippen LogP contribution in [0.2, 0.25) is 0 Å². The molecule has 0 spiro atoms. The maximum absolute atomic E-state index is 11.1. The number of nitriles is 1. The highest BCUT2D eigenvalue weighted by molar-refractivity contribution is 8.00. The molecular formula is C8H13NO2S2. The minimum atomic E-state index is -0.634. The summed E-state index contributed by atoms with van der Waals surface area (Å²) in [7, 11) is 0. The fourth-order valence-electron chi connectivity index (χ4n) is 0.667. The molecule has 0 radical (unpaired) electrons. The van der Waals surface area contributed by atoms with E-state index in [2.05, 4.69) is 12.6 Å². The van der Waals surface area contributed by atoms with Crippen LogP contribution in [0.25, 0.3) is 0 Å². The molecule has 0 aliphatic carbocycles. The Bertz CT molecular complexity index is 191. The predicted molar refractivity (Wildman–Crippen MR) is 56.9 cm³/mol. The van der Waals surface area contributed by atoms with Crippen LogP contribution < -0.4 is 0 Å². The molecule has 0 aromatic heterocycles. The normalized spacial score (nSPS) is 11.8. The van der Waals surface area contributed by atoms with Gasteiger partial charge in [-0.05, 0) is 12.7 Å². The number of carbonyl (C=O) groups excluding carboxylic acids is 1. The molecule has 0 saturated carbocycles. The molecule has 0 amide bonds. The van der Waals surface area contributed by atoms with Crippen molar-refractivity contribution in [1.29, 1.82) is 5.26 Å². The third kappa shape index (κ3) is 5.83. The summed E-state index contributed by atoms with van der Waals surface area (Å²) in [6, 6.07) is 1.93. The number of rotatable bonds is 6. The number of ether oxygens (including phenoxy) is 1. The minimum absolute atomic E-state index is 0.328. The van der Waals surface area contributed by atoms with Crippen LogP contribution in [0.5, 0.6) is 0 Å². The zero-order chi connectivity index (χ0) is 10.1. The van der Waals surface area contributed by atoms with Crippen molar-refractivity contribution >= 4 is 30.4 Å². The molecule has 0 aromatic rings. The van der Waals surface area contributed by atoms with Gasteiger partial charge in [0.2, 0.25) is 0 Å². The van der Waals surface area contributed by atoms with E-state index < -0.39 is 11.9 Å². The summed E-state index contributed by atoms with van der Waals surface area (Å²) in [4.78, 5) is 11.1. The van der Waals surface area contributed by atoms with Gasteiger partial charge in [0, 0.05) is 11.5 Å². The van der Waals surface area contributed by atoms with Crippen molar-refractivity contribution in [2.24, 2.45) is 5.92 Å². The van der Waals surface area contributed by atoms with E-state index in [0.717, 1.165) is 11.5 Å². The van der Waals surface area contributed by atoms with Crippen LogP contribution in [-0.2, 0) is 9.53 Å². The Morgan fingerprint density at radius 1 is 1.77 bits per heavy atom. The topological polar surface area (TPSA) is 50.1 Å². The maximum atomic E-state index is 11.1. The summed E-state index contributed by atoms with van der Waals surface area (Å²) >= 11 is 5.57. The second-order valence-corrected chi connectivity index (χ2v) is 3.83. The number of thiol groups is 1. The molecule has 1 unspecified atom stereocenters. The molecule has 1 atom stereocenters. The van der Waals surface area contributed by atoms with Crippen molar-refractivity contribution in [3.8, 4) is 6.07 Å². The Kier molecular flexibility index (Phi) is 8.05. The van der Waals surface area contributed by atoms with E-state index in [1.807, 2.05) is 6.07 Å². The van der Waals surface area contributed by atoms with Crippen LogP contribution in [0.1, 0.15) is 6.92 Å². The number of thioether (sulfide) groups is 1. The van der Waals surface area contributed by atoms with Gasteiger partial charge in [0.05, 0.1) is 12.7 Å². The third-order valence-electron chi connectivity index (χ3n) is 1.25. The van der Waals surface area contributed by atoms with E-state index in [9.17, 15) is 4.79 Å². The Morgan fingerprint density at radius 3 is 2.92 bits per heavy atom. The maximum Gasteiger partial charge on any atom is 0.324 e. The summed E-state index contributed by atoms with van der Waals surface area (Å²) in [5.74, 6) is 1.05. The monoisotopic (exact) mass is 219 g/mol. The Balaban J connectivity index is 3.76. The predicted octanol–water partition coefficient (Wildman–Crippen LogP) is 1.35. The molecule has 0 aromatic carbocycles. The number of hydrogen-bond donors (Lipinski definition) is 1. The van der Waals surface area contributed by atoms with E-state index in [4.69, 9.17) is 10.00 Å². The lowest BCUT2D eigenvalue weighted by Crippen LogP contribution is -2.18. The molecule has 13 heavy (non-hydrogen) atoms. The van der Waals surface area contributed by atoms with Gasteiger partial charge in [-0.15, -0.1) is 0 Å². The van der Waals surface area contributed by atoms with E-state index in [1.54, 1.807) is 18.7 Å². The van der Waals surface area contributed by atoms with E-state index >= 15 is 0 Å². The lowest BCUT2D eigenvalue weighted by molar-refractivity contribution is -0.145. The van der Waals surface area contributed by atoms with Crippen LogP contribution in [0.15, 0.2) is 0 Å². The van der Waals surface area contributed by atoms with Crippen LogP contribution in [-0.4, -0.2) is 29.8 Å². The fraction of sp³-hybridized carbons (Fsp3) is 0.750. The smallest absolute Gasteiger partial charge is 0.324 e. The van der Waals surface area contributed by atoms with Crippen LogP contribution in [0, 0.1) is 17.2 Å². The first-order chi connectivity index (χ1) is 6.26. The first kappa shape index (κ1) is 12.7. The van der Waals surface area contributed by atoms with Gasteiger partial charge < -0.3 is 4.74 Å². The summed E-state index contributed by atoms with van der Waals surface area (Å²) in [6.07, 6.45) is 0. The van der Waals surface area contributed by atoms with E-state index in [0.29, 0.717) is 12.4 Å². The van der Waals surface area contributed by atoms with E-state index in [1.165, 1.54) is 0 Å². The van der Waals surface area contributed by atoms with Gasteiger partial charge in [-0.2, -0.15) is 29.7 Å². The zero-order valence-electron chi connectivity index (χ0n) is 7.52. The molecule has 74 valence electrons. The van der Waals surface area contributed by atoms with Crippen molar-refractivity contribution in [2.45, 2.75) is 6.92 Å². The SMILES string of the molecule is CCOC(=O)C(C#N)CSCCS. The lowest BCUT2D eigenvalue weighted by atomic mass is 10.2. The first-order valence-electron chi connectivity index (χ1n) is 4.01. The van der Waals surface area contributed by atoms with Crippen LogP contribution >= 0.6 is 24.4 Å². The summed E-state index contributed by atoms with van der Waals surface area (Å²) in [5, 5.41) is 8.64. The highest BCUT2D eigenvalue weighted by atomic mass is 32.2. The van der Waals surface area contributed by atoms with Gasteiger partial charge in [-0.3, -0.25) is 4.79 Å². The summed E-state index contributed by atoms with van der Waals surface area (Å²) in [5.41, 5.74) is 0. The molecule has 0 rings (SSSR count). The van der Waals surface area contributed by atoms with Crippen molar-refractivity contribution in [3.05, 3.63) is 0 Å². The van der Waals surface area contributed by atoms with Crippen molar-refractivity contribution in [1.82, 2.24) is 0 Å². The second-order valence-electron chi connectivity index (χ2n) is 2.23. The van der Waals surface area contributed by atoms with Gasteiger partial charge in [-0.1, -0.05) is 0 Å². The van der Waals surface area contributed by atoms with Gasteiger partial charge in [0.25, 0.3) is 0 Å². The third-order valence-corrected chi connectivity index (χ3v) is 2.84. The first-order valence-corrected chi connectivity index (χ1v) is 5.79. The average molecular weight is 219 g/mol. The highest BCUT2D eigenvalue weighted by Crippen LogP contribution is 2.09. The van der Waals surface area contributed by atoms with Gasteiger partial charge in [-0.25, -0.2) is 0 Å². The molecule has 0 aliphatic heterocycles. The van der Waals surface area contributed by atoms with Crippen molar-refractivity contribution in [2.75, 3.05) is 23.9 Å². The van der Waals surface area contributed by atoms with Crippen LogP contribution in [0.3, 0.4) is 0 Å². The largest absolute Gasteiger partial charge is 0.465 e. The highest BCUT2D eigenvalue weighted by Gasteiger charge is 2.18. The average Bonchev–Trinajstić information content (AvgIpc) is 2.13. The number of carbonyl (C=O) groups is 1. The number of nitrogens with zero attached hydrogens (tertiary/aromatic N) is 1. The molecule has 0 fully saturated rings. The molecule has 0 aliphatic rings. The summed E-state index contributed by atoms with van der Waals surface area (Å²) in [6.45, 7) is 2.06. The zero-order valence-corrected chi connectivity index (χ0v) is 9.24. The number of hydrogen-bond acceptors (Lipinski definition) is 5.